The Hall–Kier alpha value is -3.82. The number of nitrogen functional groups attached to an aromatic ring is 1. The van der Waals surface area contributed by atoms with Crippen LogP contribution in [0, 0.1) is 11.3 Å². The molecule has 38 heavy (non-hydrogen) atoms. The Kier molecular flexibility index (Phi) is 6.55. The zero-order valence-electron chi connectivity index (χ0n) is 21.8. The molecule has 1 amide bonds. The van der Waals surface area contributed by atoms with Crippen LogP contribution in [0.4, 0.5) is 5.69 Å². The minimum atomic E-state index is -0.104. The highest BCUT2D eigenvalue weighted by Gasteiger charge is 2.30. The Labute approximate surface area is 221 Å². The smallest absolute Gasteiger partial charge is 0.223 e. The van der Waals surface area contributed by atoms with E-state index >= 15 is 0 Å². The van der Waals surface area contributed by atoms with Crippen molar-refractivity contribution in [2.24, 2.45) is 5.92 Å². The molecule has 9 heteroatoms. The lowest BCUT2D eigenvalue weighted by Crippen LogP contribution is -2.47. The van der Waals surface area contributed by atoms with Gasteiger partial charge in [0, 0.05) is 79.0 Å². The zero-order valence-corrected chi connectivity index (χ0v) is 21.8. The Morgan fingerprint density at radius 2 is 2.05 bits per heavy atom. The highest BCUT2D eigenvalue weighted by Crippen LogP contribution is 2.39. The van der Waals surface area contributed by atoms with Gasteiger partial charge in [-0.1, -0.05) is 6.07 Å². The number of carbonyl (C=O) groups is 1. The number of H-pyrrole nitrogens is 1. The summed E-state index contributed by atoms with van der Waals surface area (Å²) in [6.45, 7) is 5.81. The first-order valence-electron chi connectivity index (χ1n) is 13.4. The molecule has 1 aliphatic carbocycles. The summed E-state index contributed by atoms with van der Waals surface area (Å²) in [5, 5.41) is 20.5. The van der Waals surface area contributed by atoms with E-state index in [0.29, 0.717) is 24.2 Å². The average molecular weight is 511 g/mol. The second kappa shape index (κ2) is 10.2. The van der Waals surface area contributed by atoms with Gasteiger partial charge in [0.25, 0.3) is 0 Å². The largest absolute Gasteiger partial charge is 0.398 e. The molecule has 3 heterocycles. The number of aromatic nitrogens is 3. The van der Waals surface area contributed by atoms with Crippen molar-refractivity contribution in [2.45, 2.75) is 19.3 Å². The van der Waals surface area contributed by atoms with Crippen LogP contribution in [-0.2, 0) is 17.6 Å². The molecule has 0 spiro atoms. The number of fused-ring (bicyclic) bond motifs is 5. The van der Waals surface area contributed by atoms with Gasteiger partial charge in [0.1, 0.15) is 0 Å². The highest BCUT2D eigenvalue weighted by atomic mass is 16.1. The van der Waals surface area contributed by atoms with Crippen LogP contribution >= 0.6 is 0 Å². The van der Waals surface area contributed by atoms with E-state index in [1.165, 1.54) is 11.8 Å². The lowest BCUT2D eigenvalue weighted by molar-refractivity contribution is -0.125. The third-order valence-corrected chi connectivity index (χ3v) is 8.19. The van der Waals surface area contributed by atoms with E-state index in [-0.39, 0.29) is 11.8 Å². The minimum absolute atomic E-state index is 0.104. The fraction of sp³-hybridized carbons (Fsp3) is 0.379. The summed E-state index contributed by atoms with van der Waals surface area (Å²) in [7, 11) is 2.15. The number of likely N-dealkylation sites (N-methyl/N-ethyl adjacent to an activating group) is 1. The zero-order chi connectivity index (χ0) is 26.2. The van der Waals surface area contributed by atoms with Crippen LogP contribution in [0.5, 0.6) is 0 Å². The number of benzene rings is 2. The number of nitrogens with one attached hydrogen (secondary N) is 3. The molecular weight excluding hydrogens is 476 g/mol. The maximum absolute atomic E-state index is 13.3. The molecule has 4 aromatic rings. The second-order valence-corrected chi connectivity index (χ2v) is 10.6. The third-order valence-electron chi connectivity index (χ3n) is 8.19. The first-order valence-corrected chi connectivity index (χ1v) is 13.4. The van der Waals surface area contributed by atoms with E-state index in [9.17, 15) is 4.79 Å². The van der Waals surface area contributed by atoms with Crippen LogP contribution in [-0.4, -0.2) is 83.4 Å². The molecule has 1 unspecified atom stereocenters. The number of nitrogens with two attached hydrogens (primary N) is 1. The number of rotatable bonds is 6. The Morgan fingerprint density at radius 1 is 1.21 bits per heavy atom. The lowest BCUT2D eigenvalue weighted by atomic mass is 9.79. The number of aromatic amines is 1. The van der Waals surface area contributed by atoms with E-state index in [1.54, 1.807) is 0 Å². The molecule has 1 saturated heterocycles. The van der Waals surface area contributed by atoms with Gasteiger partial charge >= 0.3 is 0 Å². The molecule has 6 rings (SSSR count). The number of nitrogens with zero attached hydrogens (tertiary/aromatic N) is 4. The minimum Gasteiger partial charge on any atom is -0.398 e. The molecule has 1 atom stereocenters. The van der Waals surface area contributed by atoms with Gasteiger partial charge in [-0.15, -0.1) is 0 Å². The van der Waals surface area contributed by atoms with Gasteiger partial charge in [0.2, 0.25) is 5.91 Å². The number of aryl methyl sites for hydroxylation is 1. The van der Waals surface area contributed by atoms with Crippen LogP contribution in [0.25, 0.3) is 33.1 Å². The molecular formula is C29H34N8O. The van der Waals surface area contributed by atoms with Crippen molar-refractivity contribution in [1.29, 1.82) is 5.41 Å². The highest BCUT2D eigenvalue weighted by molar-refractivity contribution is 6.08. The van der Waals surface area contributed by atoms with E-state index in [4.69, 9.17) is 16.1 Å². The summed E-state index contributed by atoms with van der Waals surface area (Å²) in [4.78, 5) is 23.2. The number of hydrogen-bond donors (Lipinski definition) is 4. The Balaban J connectivity index is 1.32. The van der Waals surface area contributed by atoms with Gasteiger partial charge in [-0.3, -0.25) is 14.8 Å². The van der Waals surface area contributed by atoms with Crippen LogP contribution in [0.15, 0.2) is 36.5 Å². The van der Waals surface area contributed by atoms with E-state index < -0.39 is 0 Å². The van der Waals surface area contributed by atoms with Gasteiger partial charge in [-0.2, -0.15) is 5.10 Å². The summed E-state index contributed by atoms with van der Waals surface area (Å²) in [5.41, 5.74) is 13.3. The summed E-state index contributed by atoms with van der Waals surface area (Å²) >= 11 is 0. The molecule has 5 N–H and O–H groups in total. The SMILES string of the molecule is CN1CCN(CCNC(=O)C2CCc3c(c(-c4ccc(N)c(C=N)c4)nc4ccc5[nH]ncc5c34)C2)CC1. The molecule has 2 aromatic heterocycles. The fourth-order valence-electron chi connectivity index (χ4n) is 5.92. The second-order valence-electron chi connectivity index (χ2n) is 10.6. The average Bonchev–Trinajstić information content (AvgIpc) is 3.42. The van der Waals surface area contributed by atoms with Crippen molar-refractivity contribution in [1.82, 2.24) is 30.3 Å². The number of carbonyl (C=O) groups excluding carboxylic acids is 1. The van der Waals surface area contributed by atoms with Crippen molar-refractivity contribution < 1.29 is 4.79 Å². The maximum Gasteiger partial charge on any atom is 0.223 e. The molecule has 9 nitrogen and oxygen atoms in total. The number of piperazine rings is 1. The van der Waals surface area contributed by atoms with Gasteiger partial charge in [0.15, 0.2) is 0 Å². The van der Waals surface area contributed by atoms with Crippen LogP contribution < -0.4 is 11.1 Å². The summed E-state index contributed by atoms with van der Waals surface area (Å²) in [6, 6.07) is 9.77. The van der Waals surface area contributed by atoms with Gasteiger partial charge < -0.3 is 21.4 Å². The maximum atomic E-state index is 13.3. The summed E-state index contributed by atoms with van der Waals surface area (Å²) in [5.74, 6) is 0.0161. The Bertz CT molecular complexity index is 1520. The molecule has 196 valence electrons. The van der Waals surface area contributed by atoms with Crippen molar-refractivity contribution >= 4 is 39.6 Å². The Morgan fingerprint density at radius 3 is 2.87 bits per heavy atom. The van der Waals surface area contributed by atoms with Gasteiger partial charge in [-0.25, -0.2) is 4.98 Å². The molecule has 1 fully saturated rings. The molecule has 0 bridgehead atoms. The van der Waals surface area contributed by atoms with Gasteiger partial charge in [-0.05, 0) is 61.7 Å². The quantitative estimate of drug-likeness (QED) is 0.233. The molecule has 2 aromatic carbocycles. The number of pyridine rings is 1. The first-order chi connectivity index (χ1) is 18.5. The number of hydrogen-bond acceptors (Lipinski definition) is 7. The van der Waals surface area contributed by atoms with Crippen LogP contribution in [0.3, 0.4) is 0 Å². The molecule has 0 radical (unpaired) electrons. The predicted molar refractivity (Wildman–Crippen MR) is 152 cm³/mol. The predicted octanol–water partition coefficient (Wildman–Crippen LogP) is 2.83. The van der Waals surface area contributed by atoms with E-state index in [1.807, 2.05) is 36.5 Å². The van der Waals surface area contributed by atoms with Gasteiger partial charge in [0.05, 0.1) is 22.9 Å². The molecule has 0 saturated carbocycles. The monoisotopic (exact) mass is 510 g/mol. The van der Waals surface area contributed by atoms with Crippen molar-refractivity contribution in [3.63, 3.8) is 0 Å². The number of anilines is 1. The number of amides is 1. The van der Waals surface area contributed by atoms with Crippen molar-refractivity contribution in [3.05, 3.63) is 53.2 Å². The first kappa shape index (κ1) is 24.5. The normalized spacial score (nSPS) is 18.5. The van der Waals surface area contributed by atoms with E-state index in [0.717, 1.165) is 84.2 Å². The fourth-order valence-corrected chi connectivity index (χ4v) is 5.92. The van der Waals surface area contributed by atoms with Crippen molar-refractivity contribution in [2.75, 3.05) is 52.0 Å². The van der Waals surface area contributed by atoms with Crippen LogP contribution in [0.2, 0.25) is 0 Å². The van der Waals surface area contributed by atoms with Crippen LogP contribution in [0.1, 0.15) is 23.1 Å². The topological polar surface area (TPSA) is 127 Å². The van der Waals surface area contributed by atoms with E-state index in [2.05, 4.69) is 32.4 Å². The summed E-state index contributed by atoms with van der Waals surface area (Å²) < 4.78 is 0. The molecule has 2 aliphatic rings. The molecule has 1 aliphatic heterocycles. The standard InChI is InChI=1S/C29H34N8O/c1-36-10-12-37(13-11-36)9-8-32-29(38)19-2-4-21-22(15-19)28(18-3-5-24(31)20(14-18)16-30)34-26-7-6-25-23(27(21)26)17-33-35-25/h3,5-7,14,16-17,19,30H,2,4,8-13,15,31H2,1H3,(H,32,38)(H,33,35). The third kappa shape index (κ3) is 4.52. The lowest BCUT2D eigenvalue weighted by Gasteiger charge is -2.32. The van der Waals surface area contributed by atoms with Crippen molar-refractivity contribution in [3.8, 4) is 11.3 Å². The summed E-state index contributed by atoms with van der Waals surface area (Å²) in [6.07, 6.45) is 5.37.